The SMILES string of the molecule is CC1CCCN1CCOc1ccc(CCN)cc1. The Morgan fingerprint density at radius 1 is 1.33 bits per heavy atom. The fourth-order valence-electron chi connectivity index (χ4n) is 2.52. The van der Waals surface area contributed by atoms with Gasteiger partial charge in [0.15, 0.2) is 0 Å². The maximum absolute atomic E-state index is 5.78. The largest absolute Gasteiger partial charge is 0.492 e. The molecule has 0 radical (unpaired) electrons. The summed E-state index contributed by atoms with van der Waals surface area (Å²) in [5, 5.41) is 0. The lowest BCUT2D eigenvalue weighted by molar-refractivity contribution is 0.204. The van der Waals surface area contributed by atoms with Crippen LogP contribution in [0.3, 0.4) is 0 Å². The van der Waals surface area contributed by atoms with E-state index < -0.39 is 0 Å². The maximum atomic E-state index is 5.78. The zero-order valence-electron chi connectivity index (χ0n) is 11.3. The molecule has 1 heterocycles. The third-order valence-electron chi connectivity index (χ3n) is 3.69. The van der Waals surface area contributed by atoms with Crippen molar-refractivity contribution >= 4 is 0 Å². The second kappa shape index (κ2) is 6.76. The van der Waals surface area contributed by atoms with Crippen LogP contribution in [-0.4, -0.2) is 37.2 Å². The number of hydrogen-bond donors (Lipinski definition) is 1. The van der Waals surface area contributed by atoms with Crippen LogP contribution in [0.2, 0.25) is 0 Å². The molecule has 0 aromatic heterocycles. The summed E-state index contributed by atoms with van der Waals surface area (Å²) in [4.78, 5) is 2.50. The first-order chi connectivity index (χ1) is 8.79. The van der Waals surface area contributed by atoms with Crippen molar-refractivity contribution in [2.75, 3.05) is 26.2 Å². The topological polar surface area (TPSA) is 38.5 Å². The molecule has 100 valence electrons. The molecule has 0 saturated carbocycles. The standard InChI is InChI=1S/C15H24N2O/c1-13-3-2-10-17(13)11-12-18-15-6-4-14(5-7-15)8-9-16/h4-7,13H,2-3,8-12,16H2,1H3. The van der Waals surface area contributed by atoms with Gasteiger partial charge in [0.1, 0.15) is 12.4 Å². The summed E-state index contributed by atoms with van der Waals surface area (Å²) in [6, 6.07) is 9.00. The lowest BCUT2D eigenvalue weighted by Crippen LogP contribution is -2.31. The number of ether oxygens (including phenoxy) is 1. The molecule has 0 amide bonds. The van der Waals surface area contributed by atoms with Crippen LogP contribution in [0, 0.1) is 0 Å². The third-order valence-corrected chi connectivity index (χ3v) is 3.69. The second-order valence-corrected chi connectivity index (χ2v) is 5.06. The molecule has 2 rings (SSSR count). The molecule has 0 spiro atoms. The Morgan fingerprint density at radius 3 is 2.72 bits per heavy atom. The van der Waals surface area contributed by atoms with Crippen molar-refractivity contribution in [3.05, 3.63) is 29.8 Å². The van der Waals surface area contributed by atoms with Crippen molar-refractivity contribution in [1.29, 1.82) is 0 Å². The predicted molar refractivity (Wildman–Crippen MR) is 75.0 cm³/mol. The molecule has 3 heteroatoms. The van der Waals surface area contributed by atoms with E-state index in [9.17, 15) is 0 Å². The third kappa shape index (κ3) is 3.72. The van der Waals surface area contributed by atoms with Gasteiger partial charge in [-0.1, -0.05) is 12.1 Å². The summed E-state index contributed by atoms with van der Waals surface area (Å²) in [7, 11) is 0. The van der Waals surface area contributed by atoms with Gasteiger partial charge in [-0.05, 0) is 57.0 Å². The molecular weight excluding hydrogens is 224 g/mol. The van der Waals surface area contributed by atoms with E-state index in [2.05, 4.69) is 24.0 Å². The average Bonchev–Trinajstić information content (AvgIpc) is 2.78. The number of likely N-dealkylation sites (tertiary alicyclic amines) is 1. The second-order valence-electron chi connectivity index (χ2n) is 5.06. The average molecular weight is 248 g/mol. The van der Waals surface area contributed by atoms with Gasteiger partial charge < -0.3 is 10.5 Å². The van der Waals surface area contributed by atoms with Crippen molar-refractivity contribution in [2.45, 2.75) is 32.2 Å². The number of benzene rings is 1. The quantitative estimate of drug-likeness (QED) is 0.837. The summed E-state index contributed by atoms with van der Waals surface area (Å²) in [6.07, 6.45) is 3.59. The van der Waals surface area contributed by atoms with Gasteiger partial charge >= 0.3 is 0 Å². The van der Waals surface area contributed by atoms with Gasteiger partial charge in [-0.3, -0.25) is 4.90 Å². The van der Waals surface area contributed by atoms with Crippen molar-refractivity contribution in [2.24, 2.45) is 5.73 Å². The normalized spacial score (nSPS) is 20.2. The van der Waals surface area contributed by atoms with Crippen molar-refractivity contribution < 1.29 is 4.74 Å². The number of hydrogen-bond acceptors (Lipinski definition) is 3. The molecule has 3 nitrogen and oxygen atoms in total. The fourth-order valence-corrected chi connectivity index (χ4v) is 2.52. The Hall–Kier alpha value is -1.06. The molecule has 1 aromatic carbocycles. The molecule has 18 heavy (non-hydrogen) atoms. The lowest BCUT2D eigenvalue weighted by Gasteiger charge is -2.20. The predicted octanol–water partition coefficient (Wildman–Crippen LogP) is 2.05. The fraction of sp³-hybridized carbons (Fsp3) is 0.600. The Balaban J connectivity index is 1.72. The Morgan fingerprint density at radius 2 is 2.11 bits per heavy atom. The molecule has 2 N–H and O–H groups in total. The van der Waals surface area contributed by atoms with Gasteiger partial charge in [0, 0.05) is 12.6 Å². The van der Waals surface area contributed by atoms with Crippen molar-refractivity contribution in [1.82, 2.24) is 4.90 Å². The first-order valence-corrected chi connectivity index (χ1v) is 6.95. The van der Waals surface area contributed by atoms with Crippen LogP contribution in [-0.2, 0) is 6.42 Å². The molecular formula is C15H24N2O. The highest BCUT2D eigenvalue weighted by atomic mass is 16.5. The minimum Gasteiger partial charge on any atom is -0.492 e. The molecule has 0 bridgehead atoms. The van der Waals surface area contributed by atoms with Gasteiger partial charge in [-0.2, -0.15) is 0 Å². The highest BCUT2D eigenvalue weighted by Crippen LogP contribution is 2.16. The molecule has 1 saturated heterocycles. The van der Waals surface area contributed by atoms with Crippen LogP contribution >= 0.6 is 0 Å². The van der Waals surface area contributed by atoms with Crippen LogP contribution in [0.15, 0.2) is 24.3 Å². The van der Waals surface area contributed by atoms with Crippen molar-refractivity contribution in [3.8, 4) is 5.75 Å². The van der Waals surface area contributed by atoms with E-state index in [0.717, 1.165) is 31.4 Å². The van der Waals surface area contributed by atoms with E-state index in [-0.39, 0.29) is 0 Å². The minimum absolute atomic E-state index is 0.701. The molecule has 1 aromatic rings. The monoisotopic (exact) mass is 248 g/mol. The molecule has 1 unspecified atom stereocenters. The van der Waals surface area contributed by atoms with E-state index in [1.54, 1.807) is 0 Å². The summed E-state index contributed by atoms with van der Waals surface area (Å²) in [6.45, 7) is 6.04. The summed E-state index contributed by atoms with van der Waals surface area (Å²) < 4.78 is 5.78. The summed E-state index contributed by atoms with van der Waals surface area (Å²) in [5.41, 5.74) is 6.80. The summed E-state index contributed by atoms with van der Waals surface area (Å²) in [5.74, 6) is 0.961. The molecule has 1 atom stereocenters. The summed E-state index contributed by atoms with van der Waals surface area (Å²) >= 11 is 0. The Bertz CT molecular complexity index is 350. The van der Waals surface area contributed by atoms with E-state index in [0.29, 0.717) is 6.54 Å². The van der Waals surface area contributed by atoms with Gasteiger partial charge in [0.05, 0.1) is 0 Å². The highest BCUT2D eigenvalue weighted by molar-refractivity contribution is 5.27. The molecule has 1 aliphatic rings. The first-order valence-electron chi connectivity index (χ1n) is 6.95. The van der Waals surface area contributed by atoms with Crippen LogP contribution in [0.25, 0.3) is 0 Å². The number of nitrogens with two attached hydrogens (primary N) is 1. The van der Waals surface area contributed by atoms with E-state index in [1.807, 2.05) is 12.1 Å². The molecule has 1 fully saturated rings. The van der Waals surface area contributed by atoms with Gasteiger partial charge in [-0.15, -0.1) is 0 Å². The van der Waals surface area contributed by atoms with Crippen LogP contribution in [0.1, 0.15) is 25.3 Å². The Labute approximate surface area is 110 Å². The van der Waals surface area contributed by atoms with Gasteiger partial charge in [0.25, 0.3) is 0 Å². The number of rotatable bonds is 6. The van der Waals surface area contributed by atoms with Gasteiger partial charge in [-0.25, -0.2) is 0 Å². The van der Waals surface area contributed by atoms with Crippen molar-refractivity contribution in [3.63, 3.8) is 0 Å². The Kier molecular flexibility index (Phi) is 5.02. The van der Waals surface area contributed by atoms with E-state index in [4.69, 9.17) is 10.5 Å². The van der Waals surface area contributed by atoms with E-state index in [1.165, 1.54) is 24.9 Å². The zero-order chi connectivity index (χ0) is 12.8. The maximum Gasteiger partial charge on any atom is 0.119 e. The minimum atomic E-state index is 0.701. The highest BCUT2D eigenvalue weighted by Gasteiger charge is 2.19. The first kappa shape index (κ1) is 13.4. The lowest BCUT2D eigenvalue weighted by atomic mass is 10.1. The molecule has 1 aliphatic heterocycles. The zero-order valence-corrected chi connectivity index (χ0v) is 11.3. The van der Waals surface area contributed by atoms with E-state index >= 15 is 0 Å². The van der Waals surface area contributed by atoms with Gasteiger partial charge in [0.2, 0.25) is 0 Å². The smallest absolute Gasteiger partial charge is 0.119 e. The van der Waals surface area contributed by atoms with Crippen LogP contribution in [0.4, 0.5) is 0 Å². The number of nitrogens with zero attached hydrogens (tertiary/aromatic N) is 1. The molecule has 0 aliphatic carbocycles. The van der Waals surface area contributed by atoms with Crippen LogP contribution in [0.5, 0.6) is 5.75 Å². The van der Waals surface area contributed by atoms with Crippen LogP contribution < -0.4 is 10.5 Å².